The van der Waals surface area contributed by atoms with E-state index in [0.29, 0.717) is 0 Å². The van der Waals surface area contributed by atoms with Crippen molar-refractivity contribution in [1.29, 1.82) is 0 Å². The molecule has 2 heteroatoms. The highest BCUT2D eigenvalue weighted by Gasteiger charge is 2.15. The molecule has 0 rings (SSSR count). The lowest BCUT2D eigenvalue weighted by atomic mass is 10.1. The Bertz CT molecular complexity index is 132. The fourth-order valence-corrected chi connectivity index (χ4v) is 0.918. The molecule has 0 heterocycles. The number of carbonyl (C=O) groups is 1. The monoisotopic (exact) mass is 171 g/mol. The van der Waals surface area contributed by atoms with Crippen molar-refractivity contribution in [2.75, 3.05) is 0 Å². The van der Waals surface area contributed by atoms with Crippen molar-refractivity contribution in [2.45, 2.75) is 46.6 Å². The summed E-state index contributed by atoms with van der Waals surface area (Å²) >= 11 is 0. The summed E-state index contributed by atoms with van der Waals surface area (Å²) in [6.07, 6.45) is 3.75. The lowest BCUT2D eigenvalue weighted by Crippen LogP contribution is -2.20. The minimum atomic E-state index is -0.0811. The topological polar surface area (TPSA) is 26.3 Å². The van der Waals surface area contributed by atoms with Gasteiger partial charge in [-0.05, 0) is 19.8 Å². The molecular formula is C10H19O2. The number of ether oxygens (including phenoxy) is 1. The second kappa shape index (κ2) is 6.04. The number of esters is 1. The van der Waals surface area contributed by atoms with Crippen LogP contribution < -0.4 is 0 Å². The molecule has 0 bridgehead atoms. The van der Waals surface area contributed by atoms with E-state index in [9.17, 15) is 4.79 Å². The maximum Gasteiger partial charge on any atom is 0.308 e. The van der Waals surface area contributed by atoms with Crippen LogP contribution in [0.5, 0.6) is 0 Å². The van der Waals surface area contributed by atoms with Crippen molar-refractivity contribution < 1.29 is 9.53 Å². The summed E-state index contributed by atoms with van der Waals surface area (Å²) in [6, 6.07) is 0. The first kappa shape index (κ1) is 11.5. The van der Waals surface area contributed by atoms with Gasteiger partial charge in [0.05, 0.1) is 5.92 Å². The molecule has 1 radical (unpaired) electrons. The summed E-state index contributed by atoms with van der Waals surface area (Å²) in [5.41, 5.74) is 0. The Kier molecular flexibility index (Phi) is 5.77. The van der Waals surface area contributed by atoms with Crippen LogP contribution in [0, 0.1) is 12.3 Å². The van der Waals surface area contributed by atoms with Crippen LogP contribution in [-0.2, 0) is 9.53 Å². The third-order valence-corrected chi connectivity index (χ3v) is 1.90. The molecule has 0 spiro atoms. The van der Waals surface area contributed by atoms with Crippen molar-refractivity contribution in [3.8, 4) is 0 Å². The smallest absolute Gasteiger partial charge is 0.308 e. The molecule has 0 aliphatic carbocycles. The van der Waals surface area contributed by atoms with Crippen molar-refractivity contribution >= 4 is 5.97 Å². The van der Waals surface area contributed by atoms with Gasteiger partial charge < -0.3 is 4.74 Å². The fourth-order valence-electron chi connectivity index (χ4n) is 0.918. The summed E-state index contributed by atoms with van der Waals surface area (Å²) in [5, 5.41) is 0. The molecule has 0 saturated heterocycles. The summed E-state index contributed by atoms with van der Waals surface area (Å²) in [7, 11) is 0. The van der Waals surface area contributed by atoms with Gasteiger partial charge in [-0.25, -0.2) is 0 Å². The van der Waals surface area contributed by atoms with Crippen LogP contribution in [-0.4, -0.2) is 12.1 Å². The number of rotatable bonds is 5. The second-order valence-electron chi connectivity index (χ2n) is 3.17. The van der Waals surface area contributed by atoms with Gasteiger partial charge in [0.25, 0.3) is 0 Å². The summed E-state index contributed by atoms with van der Waals surface area (Å²) < 4.78 is 5.12. The first-order valence-corrected chi connectivity index (χ1v) is 4.61. The van der Waals surface area contributed by atoms with Crippen LogP contribution in [0.1, 0.15) is 40.5 Å². The van der Waals surface area contributed by atoms with Crippen LogP contribution >= 0.6 is 0 Å². The van der Waals surface area contributed by atoms with Crippen LogP contribution in [0.3, 0.4) is 0 Å². The van der Waals surface area contributed by atoms with E-state index >= 15 is 0 Å². The maximum atomic E-state index is 11.3. The number of hydrogen-bond acceptors (Lipinski definition) is 2. The van der Waals surface area contributed by atoms with E-state index in [1.165, 1.54) is 0 Å². The molecule has 0 aliphatic rings. The van der Waals surface area contributed by atoms with E-state index < -0.39 is 0 Å². The molecule has 0 aliphatic heterocycles. The maximum absolute atomic E-state index is 11.3. The molecule has 12 heavy (non-hydrogen) atoms. The summed E-state index contributed by atoms with van der Waals surface area (Å²) in [4.78, 5) is 11.3. The zero-order chi connectivity index (χ0) is 9.56. The minimum Gasteiger partial charge on any atom is -0.462 e. The van der Waals surface area contributed by atoms with Gasteiger partial charge >= 0.3 is 5.97 Å². The molecule has 2 atom stereocenters. The Hall–Kier alpha value is -0.530. The summed E-state index contributed by atoms with van der Waals surface area (Å²) in [5.74, 6) is -0.0418. The molecule has 2 nitrogen and oxygen atoms in total. The molecule has 0 aromatic rings. The highest BCUT2D eigenvalue weighted by Crippen LogP contribution is 2.09. The molecule has 0 amide bonds. The Labute approximate surface area is 75.3 Å². The van der Waals surface area contributed by atoms with E-state index in [0.717, 1.165) is 12.8 Å². The molecular weight excluding hydrogens is 152 g/mol. The highest BCUT2D eigenvalue weighted by atomic mass is 16.5. The van der Waals surface area contributed by atoms with Gasteiger partial charge in [-0.2, -0.15) is 0 Å². The zero-order valence-corrected chi connectivity index (χ0v) is 8.46. The summed E-state index contributed by atoms with van der Waals surface area (Å²) in [6.45, 7) is 7.74. The number of carbonyl (C=O) groups excluding carboxylic acids is 1. The third kappa shape index (κ3) is 4.37. The Morgan fingerprint density at radius 1 is 1.50 bits per heavy atom. The molecule has 0 N–H and O–H groups in total. The lowest BCUT2D eigenvalue weighted by Gasteiger charge is -2.14. The molecule has 0 unspecified atom stereocenters. The zero-order valence-electron chi connectivity index (χ0n) is 8.46. The largest absolute Gasteiger partial charge is 0.462 e. The normalized spacial score (nSPS) is 15.3. The Morgan fingerprint density at radius 2 is 2.08 bits per heavy atom. The predicted octanol–water partition coefficient (Wildman–Crippen LogP) is 2.58. The van der Waals surface area contributed by atoms with Crippen LogP contribution in [0.4, 0.5) is 0 Å². The highest BCUT2D eigenvalue weighted by molar-refractivity contribution is 5.72. The third-order valence-electron chi connectivity index (χ3n) is 1.90. The first-order valence-electron chi connectivity index (χ1n) is 4.61. The standard InChI is InChI=1S/C10H19O2/c1-5-7-8(3)10(11)12-9(4)6-2/h6,8-9H,5,7H2,1-4H3/t8-,9-/m0/s1. The van der Waals surface area contributed by atoms with Gasteiger partial charge in [-0.3, -0.25) is 4.79 Å². The Balaban J connectivity index is 3.70. The SMILES string of the molecule is C[CH][C@H](C)OC(=O)[C@@H](C)CCC. The second-order valence-corrected chi connectivity index (χ2v) is 3.17. The molecule has 71 valence electrons. The van der Waals surface area contributed by atoms with Crippen molar-refractivity contribution in [3.63, 3.8) is 0 Å². The van der Waals surface area contributed by atoms with E-state index in [1.54, 1.807) is 0 Å². The van der Waals surface area contributed by atoms with Gasteiger partial charge in [0.2, 0.25) is 0 Å². The average Bonchev–Trinajstić information content (AvgIpc) is 2.04. The van der Waals surface area contributed by atoms with Gasteiger partial charge in [0.1, 0.15) is 6.10 Å². The molecule has 0 fully saturated rings. The predicted molar refractivity (Wildman–Crippen MR) is 49.6 cm³/mol. The van der Waals surface area contributed by atoms with Crippen LogP contribution in [0.2, 0.25) is 0 Å². The van der Waals surface area contributed by atoms with Gasteiger partial charge in [-0.1, -0.05) is 27.2 Å². The van der Waals surface area contributed by atoms with Crippen LogP contribution in [0.25, 0.3) is 0 Å². The molecule has 0 aromatic heterocycles. The van der Waals surface area contributed by atoms with Crippen molar-refractivity contribution in [2.24, 2.45) is 5.92 Å². The van der Waals surface area contributed by atoms with Crippen LogP contribution in [0.15, 0.2) is 0 Å². The van der Waals surface area contributed by atoms with Crippen molar-refractivity contribution in [3.05, 3.63) is 6.42 Å². The van der Waals surface area contributed by atoms with E-state index in [2.05, 4.69) is 6.92 Å². The first-order chi connectivity index (χ1) is 5.61. The lowest BCUT2D eigenvalue weighted by molar-refractivity contribution is -0.151. The van der Waals surface area contributed by atoms with E-state index in [-0.39, 0.29) is 18.0 Å². The molecule has 0 aromatic carbocycles. The minimum absolute atomic E-state index is 0.0393. The fraction of sp³-hybridized carbons (Fsp3) is 0.800. The Morgan fingerprint density at radius 3 is 2.50 bits per heavy atom. The number of hydrogen-bond donors (Lipinski definition) is 0. The average molecular weight is 171 g/mol. The van der Waals surface area contributed by atoms with E-state index in [4.69, 9.17) is 4.74 Å². The quantitative estimate of drug-likeness (QED) is 0.594. The van der Waals surface area contributed by atoms with E-state index in [1.807, 2.05) is 27.2 Å². The molecule has 0 saturated carbocycles. The van der Waals surface area contributed by atoms with Crippen molar-refractivity contribution in [1.82, 2.24) is 0 Å². The van der Waals surface area contributed by atoms with Gasteiger partial charge in [-0.15, -0.1) is 0 Å². The van der Waals surface area contributed by atoms with Gasteiger partial charge in [0, 0.05) is 0 Å². The van der Waals surface area contributed by atoms with Gasteiger partial charge in [0.15, 0.2) is 0 Å².